The number of rotatable bonds is 1. The van der Waals surface area contributed by atoms with Gasteiger partial charge in [-0.15, -0.1) is 0 Å². The highest BCUT2D eigenvalue weighted by Crippen LogP contribution is 2.43. The van der Waals surface area contributed by atoms with E-state index in [4.69, 9.17) is 4.42 Å². The van der Waals surface area contributed by atoms with E-state index in [-0.39, 0.29) is 16.9 Å². The normalized spacial score (nSPS) is 20.0. The van der Waals surface area contributed by atoms with Gasteiger partial charge < -0.3 is 9.32 Å². The molecule has 3 rings (SSSR count). The fourth-order valence-electron chi connectivity index (χ4n) is 3.43. The molecular weight excluding hydrogens is 278 g/mol. The first-order chi connectivity index (χ1) is 10.2. The number of carbonyl (C=O) groups is 1. The maximum Gasteiger partial charge on any atom is 0.347 e. The molecule has 1 aliphatic heterocycles. The number of anilines is 1. The second-order valence-corrected chi connectivity index (χ2v) is 6.93. The molecule has 1 aromatic carbocycles. The van der Waals surface area contributed by atoms with Crippen LogP contribution in [0.25, 0.3) is 11.0 Å². The summed E-state index contributed by atoms with van der Waals surface area (Å²) in [7, 11) is 2.07. The predicted octanol–water partition coefficient (Wildman–Crippen LogP) is 3.72. The van der Waals surface area contributed by atoms with E-state index >= 15 is 0 Å². The summed E-state index contributed by atoms with van der Waals surface area (Å²) in [6.45, 7) is 8.02. The number of hydrogen-bond acceptors (Lipinski definition) is 4. The van der Waals surface area contributed by atoms with Crippen LogP contribution in [0.4, 0.5) is 5.69 Å². The molecule has 1 aliphatic rings. The number of ketones is 1. The van der Waals surface area contributed by atoms with Crippen LogP contribution in [0.5, 0.6) is 0 Å². The zero-order chi connectivity index (χ0) is 16.2. The van der Waals surface area contributed by atoms with E-state index in [0.29, 0.717) is 11.5 Å². The average Bonchev–Trinajstić information content (AvgIpc) is 2.42. The minimum absolute atomic E-state index is 0.0553. The van der Waals surface area contributed by atoms with E-state index in [1.807, 2.05) is 6.07 Å². The molecule has 0 N–H and O–H groups in total. The lowest BCUT2D eigenvalue weighted by Gasteiger charge is -2.45. The smallest absolute Gasteiger partial charge is 0.347 e. The van der Waals surface area contributed by atoms with E-state index in [0.717, 1.165) is 17.5 Å². The van der Waals surface area contributed by atoms with E-state index in [1.54, 1.807) is 6.07 Å². The summed E-state index contributed by atoms with van der Waals surface area (Å²) in [5, 5.41) is 0.809. The first-order valence-corrected chi connectivity index (χ1v) is 7.57. The molecule has 4 nitrogen and oxygen atoms in total. The predicted molar refractivity (Wildman–Crippen MR) is 88.0 cm³/mol. The Kier molecular flexibility index (Phi) is 3.17. The third-order valence-electron chi connectivity index (χ3n) is 4.87. The Bertz CT molecular complexity index is 832. The van der Waals surface area contributed by atoms with Crippen molar-refractivity contribution in [2.75, 3.05) is 11.9 Å². The van der Waals surface area contributed by atoms with Crippen molar-refractivity contribution in [3.63, 3.8) is 0 Å². The molecule has 0 aliphatic carbocycles. The number of fused-ring (bicyclic) bond motifs is 2. The Morgan fingerprint density at radius 3 is 2.64 bits per heavy atom. The molecular formula is C18H21NO3. The summed E-state index contributed by atoms with van der Waals surface area (Å²) >= 11 is 0. The van der Waals surface area contributed by atoms with Crippen LogP contribution in [0.3, 0.4) is 0 Å². The minimum Gasteiger partial charge on any atom is -0.422 e. The maximum atomic E-state index is 11.9. The third kappa shape index (κ3) is 2.14. The first kappa shape index (κ1) is 14.8. The van der Waals surface area contributed by atoms with Gasteiger partial charge in [-0.2, -0.15) is 0 Å². The third-order valence-corrected chi connectivity index (χ3v) is 4.87. The molecule has 0 amide bonds. The van der Waals surface area contributed by atoms with Gasteiger partial charge in [-0.25, -0.2) is 4.79 Å². The Balaban J connectivity index is 2.29. The van der Waals surface area contributed by atoms with E-state index in [2.05, 4.69) is 38.8 Å². The van der Waals surface area contributed by atoms with Crippen molar-refractivity contribution in [2.24, 2.45) is 0 Å². The standard InChI is InChI=1S/C18H21NO3/c1-10-9-18(3,4)19(5)15-8-16-12(6-13(10)15)7-14(11(2)20)17(21)22-16/h6-8,10H,9H2,1-5H3/t10-/m0/s1. The highest BCUT2D eigenvalue weighted by Gasteiger charge is 2.34. The monoisotopic (exact) mass is 299 g/mol. The summed E-state index contributed by atoms with van der Waals surface area (Å²) in [5.41, 5.74) is 2.47. The molecule has 0 radical (unpaired) electrons. The zero-order valence-corrected chi connectivity index (χ0v) is 13.7. The Labute approximate surface area is 129 Å². The van der Waals surface area contributed by atoms with Crippen molar-refractivity contribution in [3.05, 3.63) is 39.7 Å². The largest absolute Gasteiger partial charge is 0.422 e. The Morgan fingerprint density at radius 1 is 1.32 bits per heavy atom. The van der Waals surface area contributed by atoms with Gasteiger partial charge in [0.15, 0.2) is 5.78 Å². The summed E-state index contributed by atoms with van der Waals surface area (Å²) in [6, 6.07) is 5.63. The van der Waals surface area contributed by atoms with Gasteiger partial charge in [-0.1, -0.05) is 6.92 Å². The van der Waals surface area contributed by atoms with Crippen LogP contribution < -0.4 is 10.5 Å². The molecule has 0 spiro atoms. The van der Waals surface area contributed by atoms with Crippen molar-refractivity contribution in [1.82, 2.24) is 0 Å². The second kappa shape index (κ2) is 4.70. The number of Topliss-reactive ketones (excluding diaryl/α,β-unsaturated/α-hetero) is 1. The summed E-state index contributed by atoms with van der Waals surface area (Å²) in [4.78, 5) is 25.7. The van der Waals surface area contributed by atoms with Gasteiger partial charge in [-0.3, -0.25) is 4.79 Å². The molecule has 0 saturated carbocycles. The van der Waals surface area contributed by atoms with Gasteiger partial charge in [0.05, 0.1) is 0 Å². The lowest BCUT2D eigenvalue weighted by molar-refractivity contribution is 0.101. The number of benzene rings is 1. The zero-order valence-electron chi connectivity index (χ0n) is 13.7. The Morgan fingerprint density at radius 2 is 2.00 bits per heavy atom. The molecule has 1 aromatic heterocycles. The van der Waals surface area contributed by atoms with Crippen LogP contribution in [-0.4, -0.2) is 18.4 Å². The molecule has 0 saturated heterocycles. The summed E-state index contributed by atoms with van der Waals surface area (Å²) in [5.74, 6) is 0.151. The highest BCUT2D eigenvalue weighted by atomic mass is 16.4. The van der Waals surface area contributed by atoms with E-state index in [9.17, 15) is 9.59 Å². The summed E-state index contributed by atoms with van der Waals surface area (Å²) in [6.07, 6.45) is 1.05. The van der Waals surface area contributed by atoms with Gasteiger partial charge in [0.25, 0.3) is 0 Å². The van der Waals surface area contributed by atoms with Crippen LogP contribution in [0.2, 0.25) is 0 Å². The second-order valence-electron chi connectivity index (χ2n) is 6.93. The van der Waals surface area contributed by atoms with Crippen LogP contribution in [0.15, 0.2) is 27.4 Å². The molecule has 2 aromatic rings. The molecule has 2 heterocycles. The van der Waals surface area contributed by atoms with Gasteiger partial charge >= 0.3 is 5.63 Å². The molecule has 0 fully saturated rings. The van der Waals surface area contributed by atoms with Crippen LogP contribution in [0, 0.1) is 0 Å². The number of nitrogens with zero attached hydrogens (tertiary/aromatic N) is 1. The van der Waals surface area contributed by atoms with Gasteiger partial charge in [0.2, 0.25) is 0 Å². The first-order valence-electron chi connectivity index (χ1n) is 7.57. The van der Waals surface area contributed by atoms with Crippen molar-refractivity contribution in [3.8, 4) is 0 Å². The lowest BCUT2D eigenvalue weighted by Crippen LogP contribution is -2.45. The van der Waals surface area contributed by atoms with Crippen molar-refractivity contribution in [2.45, 2.75) is 45.6 Å². The van der Waals surface area contributed by atoms with Crippen molar-refractivity contribution >= 4 is 22.4 Å². The highest BCUT2D eigenvalue weighted by molar-refractivity contribution is 5.97. The van der Waals surface area contributed by atoms with Crippen LogP contribution in [-0.2, 0) is 0 Å². The fraction of sp³-hybridized carbons (Fsp3) is 0.444. The maximum absolute atomic E-state index is 11.9. The SMILES string of the molecule is CC(=O)c1cc2cc3c(cc2oc1=O)N(C)C(C)(C)C[C@@H]3C. The molecule has 0 bridgehead atoms. The van der Waals surface area contributed by atoms with Crippen LogP contribution >= 0.6 is 0 Å². The van der Waals surface area contributed by atoms with Gasteiger partial charge in [0, 0.05) is 29.7 Å². The molecule has 1 atom stereocenters. The number of hydrogen-bond donors (Lipinski definition) is 0. The molecule has 116 valence electrons. The van der Waals surface area contributed by atoms with Gasteiger partial charge in [-0.05, 0) is 50.8 Å². The lowest BCUT2D eigenvalue weighted by atomic mass is 9.80. The van der Waals surface area contributed by atoms with E-state index < -0.39 is 5.63 Å². The summed E-state index contributed by atoms with van der Waals surface area (Å²) < 4.78 is 5.37. The topological polar surface area (TPSA) is 50.5 Å². The van der Waals surface area contributed by atoms with Gasteiger partial charge in [0.1, 0.15) is 11.1 Å². The molecule has 4 heteroatoms. The minimum atomic E-state index is -0.564. The van der Waals surface area contributed by atoms with Crippen LogP contribution in [0.1, 0.15) is 56.0 Å². The molecule has 0 unspecified atom stereocenters. The average molecular weight is 299 g/mol. The quantitative estimate of drug-likeness (QED) is 0.595. The Hall–Kier alpha value is -2.10. The van der Waals surface area contributed by atoms with Crippen molar-refractivity contribution < 1.29 is 9.21 Å². The van der Waals surface area contributed by atoms with E-state index in [1.165, 1.54) is 12.5 Å². The number of carbonyl (C=O) groups excluding carboxylic acids is 1. The molecule has 22 heavy (non-hydrogen) atoms. The fourth-order valence-corrected chi connectivity index (χ4v) is 3.43. The van der Waals surface area contributed by atoms with Crippen molar-refractivity contribution in [1.29, 1.82) is 0 Å².